The molecule has 22 heavy (non-hydrogen) atoms. The fraction of sp³-hybridized carbons (Fsp3) is 0. The van der Waals surface area contributed by atoms with Crippen molar-refractivity contribution in [3.63, 3.8) is 0 Å². The van der Waals surface area contributed by atoms with Gasteiger partial charge in [0.15, 0.2) is 0 Å². The molecule has 0 atom stereocenters. The first kappa shape index (κ1) is 15.0. The van der Waals surface area contributed by atoms with Gasteiger partial charge in [-0.1, -0.05) is 0 Å². The third kappa shape index (κ3) is 3.21. The molecule has 7 heteroatoms. The SMILES string of the molecule is Nc1ccc(C(=O)O)c(NC(=O)c2ccc(C(=O)O)cc2)c1. The summed E-state index contributed by atoms with van der Waals surface area (Å²) in [5.74, 6) is -2.86. The van der Waals surface area contributed by atoms with Crippen LogP contribution in [0.2, 0.25) is 0 Å². The van der Waals surface area contributed by atoms with Crippen molar-refractivity contribution in [1.82, 2.24) is 0 Å². The van der Waals surface area contributed by atoms with Gasteiger partial charge in [0.1, 0.15) is 0 Å². The van der Waals surface area contributed by atoms with Gasteiger partial charge in [-0.3, -0.25) is 4.79 Å². The Kier molecular flexibility index (Phi) is 4.08. The van der Waals surface area contributed by atoms with Gasteiger partial charge in [-0.15, -0.1) is 0 Å². The summed E-state index contributed by atoms with van der Waals surface area (Å²) in [4.78, 5) is 34.0. The Morgan fingerprint density at radius 3 is 2.00 bits per heavy atom. The summed E-state index contributed by atoms with van der Waals surface area (Å²) in [7, 11) is 0. The molecule has 112 valence electrons. The molecule has 5 N–H and O–H groups in total. The number of anilines is 2. The van der Waals surface area contributed by atoms with Crippen LogP contribution < -0.4 is 11.1 Å². The summed E-state index contributed by atoms with van der Waals surface area (Å²) >= 11 is 0. The van der Waals surface area contributed by atoms with E-state index < -0.39 is 17.8 Å². The Labute approximate surface area is 125 Å². The lowest BCUT2D eigenvalue weighted by molar-refractivity contribution is 0.0686. The number of aromatic carboxylic acids is 2. The lowest BCUT2D eigenvalue weighted by Gasteiger charge is -2.09. The van der Waals surface area contributed by atoms with Crippen LogP contribution in [0.25, 0.3) is 0 Å². The highest BCUT2D eigenvalue weighted by molar-refractivity contribution is 6.08. The molecule has 0 unspecified atom stereocenters. The maximum absolute atomic E-state index is 12.1. The smallest absolute Gasteiger partial charge is 0.337 e. The van der Waals surface area contributed by atoms with Gasteiger partial charge >= 0.3 is 11.9 Å². The van der Waals surface area contributed by atoms with E-state index in [0.717, 1.165) is 0 Å². The molecule has 2 rings (SSSR count). The first-order valence-electron chi connectivity index (χ1n) is 6.16. The van der Waals surface area contributed by atoms with E-state index in [1.54, 1.807) is 0 Å². The van der Waals surface area contributed by atoms with Gasteiger partial charge in [0.25, 0.3) is 5.91 Å². The van der Waals surface area contributed by atoms with E-state index in [1.165, 1.54) is 42.5 Å². The Morgan fingerprint density at radius 1 is 0.864 bits per heavy atom. The van der Waals surface area contributed by atoms with E-state index >= 15 is 0 Å². The van der Waals surface area contributed by atoms with Crippen LogP contribution in [0.1, 0.15) is 31.1 Å². The Morgan fingerprint density at radius 2 is 1.45 bits per heavy atom. The lowest BCUT2D eigenvalue weighted by Crippen LogP contribution is -2.15. The molecular formula is C15H12N2O5. The number of carbonyl (C=O) groups is 3. The van der Waals surface area contributed by atoms with Crippen molar-refractivity contribution in [1.29, 1.82) is 0 Å². The highest BCUT2D eigenvalue weighted by atomic mass is 16.4. The van der Waals surface area contributed by atoms with Crippen molar-refractivity contribution in [2.75, 3.05) is 11.1 Å². The fourth-order valence-electron chi connectivity index (χ4n) is 1.81. The van der Waals surface area contributed by atoms with Crippen LogP contribution in [-0.2, 0) is 0 Å². The fourth-order valence-corrected chi connectivity index (χ4v) is 1.81. The highest BCUT2D eigenvalue weighted by Crippen LogP contribution is 2.20. The van der Waals surface area contributed by atoms with E-state index in [2.05, 4.69) is 5.32 Å². The molecule has 0 bridgehead atoms. The molecule has 2 aromatic carbocycles. The number of carboxylic acids is 2. The molecule has 0 saturated carbocycles. The molecule has 0 aromatic heterocycles. The van der Waals surface area contributed by atoms with Crippen LogP contribution in [0.4, 0.5) is 11.4 Å². The molecule has 0 fully saturated rings. The topological polar surface area (TPSA) is 130 Å². The minimum absolute atomic E-state index is 0.0479. The molecule has 0 aliphatic carbocycles. The van der Waals surface area contributed by atoms with Gasteiger partial charge in [-0.2, -0.15) is 0 Å². The largest absolute Gasteiger partial charge is 0.478 e. The molecule has 1 amide bonds. The second kappa shape index (κ2) is 5.96. The number of carboxylic acid groups (broad SMARTS) is 2. The second-order valence-electron chi connectivity index (χ2n) is 4.45. The van der Waals surface area contributed by atoms with E-state index in [9.17, 15) is 14.4 Å². The maximum Gasteiger partial charge on any atom is 0.337 e. The van der Waals surface area contributed by atoms with Crippen molar-refractivity contribution in [3.05, 3.63) is 59.2 Å². The Bertz CT molecular complexity index is 753. The number of benzene rings is 2. The average Bonchev–Trinajstić information content (AvgIpc) is 2.47. The van der Waals surface area contributed by atoms with Crippen molar-refractivity contribution < 1.29 is 24.6 Å². The van der Waals surface area contributed by atoms with Crippen molar-refractivity contribution in [2.24, 2.45) is 0 Å². The zero-order chi connectivity index (χ0) is 16.3. The van der Waals surface area contributed by atoms with E-state index in [-0.39, 0.29) is 22.4 Å². The van der Waals surface area contributed by atoms with Crippen molar-refractivity contribution >= 4 is 29.2 Å². The van der Waals surface area contributed by atoms with Crippen LogP contribution in [0, 0.1) is 0 Å². The van der Waals surface area contributed by atoms with Crippen LogP contribution in [0.3, 0.4) is 0 Å². The average molecular weight is 300 g/mol. The summed E-state index contributed by atoms with van der Waals surface area (Å²) in [6.45, 7) is 0. The number of amides is 1. The predicted octanol–water partition coefficient (Wildman–Crippen LogP) is 1.92. The van der Waals surface area contributed by atoms with Gasteiger partial charge < -0.3 is 21.3 Å². The lowest BCUT2D eigenvalue weighted by atomic mass is 10.1. The minimum atomic E-state index is -1.20. The third-order valence-corrected chi connectivity index (χ3v) is 2.92. The van der Waals surface area contributed by atoms with Gasteiger partial charge in [0.05, 0.1) is 16.8 Å². The summed E-state index contributed by atoms with van der Waals surface area (Å²) in [5.41, 5.74) is 6.11. The van der Waals surface area contributed by atoms with Gasteiger partial charge in [0, 0.05) is 11.3 Å². The third-order valence-electron chi connectivity index (χ3n) is 2.92. The molecule has 0 radical (unpaired) electrons. The van der Waals surface area contributed by atoms with Crippen molar-refractivity contribution in [3.8, 4) is 0 Å². The minimum Gasteiger partial charge on any atom is -0.478 e. The molecule has 0 aliphatic rings. The Hall–Kier alpha value is -3.35. The number of carbonyl (C=O) groups excluding carboxylic acids is 1. The quantitative estimate of drug-likeness (QED) is 0.638. The second-order valence-corrected chi connectivity index (χ2v) is 4.45. The van der Waals surface area contributed by atoms with Gasteiger partial charge in [0.2, 0.25) is 0 Å². The number of nitrogens with one attached hydrogen (secondary N) is 1. The first-order chi connectivity index (χ1) is 10.4. The summed E-state index contributed by atoms with van der Waals surface area (Å²) in [6.07, 6.45) is 0. The number of hydrogen-bond donors (Lipinski definition) is 4. The molecule has 0 heterocycles. The zero-order valence-electron chi connectivity index (χ0n) is 11.2. The number of rotatable bonds is 4. The number of nitrogens with two attached hydrogens (primary N) is 1. The van der Waals surface area contributed by atoms with E-state index in [1.807, 2.05) is 0 Å². The van der Waals surface area contributed by atoms with Crippen LogP contribution in [0.15, 0.2) is 42.5 Å². The van der Waals surface area contributed by atoms with E-state index in [0.29, 0.717) is 5.69 Å². The monoisotopic (exact) mass is 300 g/mol. The molecule has 2 aromatic rings. The first-order valence-corrected chi connectivity index (χ1v) is 6.16. The van der Waals surface area contributed by atoms with Crippen LogP contribution in [0.5, 0.6) is 0 Å². The zero-order valence-corrected chi connectivity index (χ0v) is 11.2. The molecule has 0 aliphatic heterocycles. The summed E-state index contributed by atoms with van der Waals surface area (Å²) in [6, 6.07) is 9.30. The van der Waals surface area contributed by atoms with Gasteiger partial charge in [-0.25, -0.2) is 9.59 Å². The van der Waals surface area contributed by atoms with E-state index in [4.69, 9.17) is 15.9 Å². The molecule has 7 nitrogen and oxygen atoms in total. The highest BCUT2D eigenvalue weighted by Gasteiger charge is 2.14. The maximum atomic E-state index is 12.1. The standard InChI is InChI=1S/C15H12N2O5/c16-10-5-6-11(15(21)22)12(7-10)17-13(18)8-1-3-9(4-2-8)14(19)20/h1-7H,16H2,(H,17,18)(H,19,20)(H,21,22). The molecular weight excluding hydrogens is 288 g/mol. The molecule has 0 saturated heterocycles. The number of nitrogen functional groups attached to an aromatic ring is 1. The van der Waals surface area contributed by atoms with Crippen LogP contribution >= 0.6 is 0 Å². The molecule has 0 spiro atoms. The van der Waals surface area contributed by atoms with Crippen molar-refractivity contribution in [2.45, 2.75) is 0 Å². The predicted molar refractivity (Wildman–Crippen MR) is 79.2 cm³/mol. The Balaban J connectivity index is 2.27. The van der Waals surface area contributed by atoms with Crippen LogP contribution in [-0.4, -0.2) is 28.1 Å². The number of hydrogen-bond acceptors (Lipinski definition) is 4. The normalized spacial score (nSPS) is 10.0. The summed E-state index contributed by atoms with van der Waals surface area (Å²) in [5, 5.41) is 20.3. The summed E-state index contributed by atoms with van der Waals surface area (Å²) < 4.78 is 0. The van der Waals surface area contributed by atoms with Gasteiger partial charge in [-0.05, 0) is 42.5 Å².